The smallest absolute Gasteiger partial charge is 0.209 e. The van der Waals surface area contributed by atoms with Crippen LogP contribution in [0.4, 0.5) is 14.5 Å². The number of Topliss-reactive ketones (excluding diaryl/α,β-unsaturated/α-hetero) is 1. The van der Waals surface area contributed by atoms with Gasteiger partial charge in [-0.3, -0.25) is 9.59 Å². The van der Waals surface area contributed by atoms with Crippen LogP contribution in [-0.2, 0) is 0 Å². The molecule has 0 saturated heterocycles. The van der Waals surface area contributed by atoms with E-state index in [1.807, 2.05) is 6.07 Å². The summed E-state index contributed by atoms with van der Waals surface area (Å²) in [6.45, 7) is 0. The van der Waals surface area contributed by atoms with Crippen LogP contribution >= 0.6 is 0 Å². The Morgan fingerprint density at radius 2 is 1.22 bits per heavy atom. The summed E-state index contributed by atoms with van der Waals surface area (Å²) in [5.74, 6) is -1.84. The average molecular weight is 363 g/mol. The number of para-hydroxylation sites is 1. The van der Waals surface area contributed by atoms with Gasteiger partial charge in [0.25, 0.3) is 0 Å². The molecule has 3 aromatic carbocycles. The molecule has 1 N–H and O–H groups in total. The van der Waals surface area contributed by atoms with Crippen LogP contribution in [0.1, 0.15) is 20.7 Å². The maximum Gasteiger partial charge on any atom is 0.209 e. The second-order valence-corrected chi connectivity index (χ2v) is 5.76. The lowest BCUT2D eigenvalue weighted by Crippen LogP contribution is -2.14. The van der Waals surface area contributed by atoms with Crippen molar-refractivity contribution in [3.05, 3.63) is 113 Å². The van der Waals surface area contributed by atoms with Crippen molar-refractivity contribution >= 4 is 17.3 Å². The lowest BCUT2D eigenvalue weighted by molar-refractivity contribution is 0.101. The van der Waals surface area contributed by atoms with Crippen molar-refractivity contribution in [1.82, 2.24) is 0 Å². The van der Waals surface area contributed by atoms with Crippen LogP contribution in [0.25, 0.3) is 0 Å². The molecule has 134 valence electrons. The molecule has 3 aromatic rings. The number of carbonyl (C=O) groups is 2. The topological polar surface area (TPSA) is 46.2 Å². The van der Waals surface area contributed by atoms with Crippen LogP contribution in [0, 0.1) is 11.6 Å². The Balaban J connectivity index is 1.95. The summed E-state index contributed by atoms with van der Waals surface area (Å²) >= 11 is 0. The van der Waals surface area contributed by atoms with E-state index in [0.717, 1.165) is 6.08 Å². The van der Waals surface area contributed by atoms with Crippen molar-refractivity contribution in [3.63, 3.8) is 0 Å². The SMILES string of the molecule is O=C(/C=C(/Nc1ccccc1)C(=O)c1ccc(F)cc1)c1ccc(F)cc1. The predicted octanol–water partition coefficient (Wildman–Crippen LogP) is 5.03. The van der Waals surface area contributed by atoms with Crippen LogP contribution in [-0.4, -0.2) is 11.6 Å². The number of carbonyl (C=O) groups excluding carboxylic acids is 2. The summed E-state index contributed by atoms with van der Waals surface area (Å²) in [5, 5.41) is 2.93. The normalized spacial score (nSPS) is 11.1. The molecule has 0 aliphatic rings. The van der Waals surface area contributed by atoms with Crippen LogP contribution in [0.2, 0.25) is 0 Å². The third-order valence-corrected chi connectivity index (χ3v) is 3.81. The molecule has 3 rings (SSSR count). The van der Waals surface area contributed by atoms with E-state index in [0.29, 0.717) is 5.69 Å². The standard InChI is InChI=1S/C22H15F2NO2/c23-17-10-6-15(7-11-17)21(26)14-20(25-19-4-2-1-3-5-19)22(27)16-8-12-18(24)13-9-16/h1-14,25H/b20-14+. The highest BCUT2D eigenvalue weighted by atomic mass is 19.1. The number of rotatable bonds is 6. The van der Waals surface area contributed by atoms with Crippen molar-refractivity contribution in [2.75, 3.05) is 5.32 Å². The first kappa shape index (κ1) is 18.2. The average Bonchev–Trinajstić information content (AvgIpc) is 2.69. The Labute approximate surface area is 155 Å². The molecule has 0 aliphatic carbocycles. The van der Waals surface area contributed by atoms with E-state index in [1.54, 1.807) is 24.3 Å². The minimum atomic E-state index is -0.464. The molecule has 0 amide bonds. The molecule has 0 fully saturated rings. The third-order valence-electron chi connectivity index (χ3n) is 3.81. The minimum Gasteiger partial charge on any atom is -0.352 e. The zero-order valence-corrected chi connectivity index (χ0v) is 14.2. The summed E-state index contributed by atoms with van der Waals surface area (Å²) in [6, 6.07) is 19.0. The summed E-state index contributed by atoms with van der Waals surface area (Å²) in [5.41, 5.74) is 1.13. The highest BCUT2D eigenvalue weighted by Gasteiger charge is 2.15. The van der Waals surface area contributed by atoms with Crippen molar-refractivity contribution in [2.45, 2.75) is 0 Å². The first-order chi connectivity index (χ1) is 13.0. The third kappa shape index (κ3) is 4.73. The fraction of sp³-hybridized carbons (Fsp3) is 0. The van der Waals surface area contributed by atoms with E-state index in [1.165, 1.54) is 48.5 Å². The molecule has 0 spiro atoms. The fourth-order valence-electron chi connectivity index (χ4n) is 2.42. The van der Waals surface area contributed by atoms with E-state index < -0.39 is 23.2 Å². The second kappa shape index (κ2) is 8.19. The number of allylic oxidation sites excluding steroid dienone is 2. The number of ketones is 2. The summed E-state index contributed by atoms with van der Waals surface area (Å²) in [4.78, 5) is 25.3. The van der Waals surface area contributed by atoms with Gasteiger partial charge in [0.1, 0.15) is 11.6 Å². The van der Waals surface area contributed by atoms with Gasteiger partial charge in [-0.05, 0) is 60.7 Å². The molecule has 0 heterocycles. The first-order valence-corrected chi connectivity index (χ1v) is 8.17. The molecular formula is C22H15F2NO2. The van der Waals surface area contributed by atoms with Gasteiger partial charge in [0.2, 0.25) is 5.78 Å². The number of halogens is 2. The predicted molar refractivity (Wildman–Crippen MR) is 99.6 cm³/mol. The van der Waals surface area contributed by atoms with Gasteiger partial charge in [-0.25, -0.2) is 8.78 Å². The zero-order valence-electron chi connectivity index (χ0n) is 14.2. The highest BCUT2D eigenvalue weighted by molar-refractivity contribution is 6.16. The Morgan fingerprint density at radius 1 is 0.704 bits per heavy atom. The molecule has 0 saturated carbocycles. The van der Waals surface area contributed by atoms with Crippen LogP contribution in [0.5, 0.6) is 0 Å². The quantitative estimate of drug-likeness (QED) is 0.494. The molecule has 5 heteroatoms. The maximum atomic E-state index is 13.1. The zero-order chi connectivity index (χ0) is 19.2. The molecule has 0 bridgehead atoms. The molecule has 0 aliphatic heterocycles. The molecule has 0 radical (unpaired) electrons. The second-order valence-electron chi connectivity index (χ2n) is 5.76. The first-order valence-electron chi connectivity index (χ1n) is 8.17. The summed E-state index contributed by atoms with van der Waals surface area (Å²) < 4.78 is 26.2. The van der Waals surface area contributed by atoms with E-state index in [9.17, 15) is 18.4 Å². The Hall–Kier alpha value is -3.60. The minimum absolute atomic E-state index is 0.0298. The van der Waals surface area contributed by atoms with E-state index >= 15 is 0 Å². The number of nitrogens with one attached hydrogen (secondary N) is 1. The van der Waals surface area contributed by atoms with Crippen molar-refractivity contribution in [2.24, 2.45) is 0 Å². The Morgan fingerprint density at radius 3 is 1.78 bits per heavy atom. The van der Waals surface area contributed by atoms with Crippen LogP contribution < -0.4 is 5.32 Å². The van der Waals surface area contributed by atoms with Crippen molar-refractivity contribution in [1.29, 1.82) is 0 Å². The lowest BCUT2D eigenvalue weighted by atomic mass is 10.0. The van der Waals surface area contributed by atoms with E-state index in [4.69, 9.17) is 0 Å². The van der Waals surface area contributed by atoms with E-state index in [-0.39, 0.29) is 16.8 Å². The molecule has 3 nitrogen and oxygen atoms in total. The van der Waals surface area contributed by atoms with Gasteiger partial charge in [0.05, 0.1) is 5.70 Å². The van der Waals surface area contributed by atoms with Gasteiger partial charge in [0, 0.05) is 22.9 Å². The van der Waals surface area contributed by atoms with Crippen LogP contribution in [0.15, 0.2) is 90.6 Å². The molecule has 0 unspecified atom stereocenters. The summed E-state index contributed by atoms with van der Waals surface area (Å²) in [6.07, 6.45) is 1.16. The van der Waals surface area contributed by atoms with Crippen molar-refractivity contribution in [3.8, 4) is 0 Å². The largest absolute Gasteiger partial charge is 0.352 e. The van der Waals surface area contributed by atoms with Gasteiger partial charge in [-0.2, -0.15) is 0 Å². The Bertz CT molecular complexity index is 979. The lowest BCUT2D eigenvalue weighted by Gasteiger charge is -2.10. The molecular weight excluding hydrogens is 348 g/mol. The fourth-order valence-corrected chi connectivity index (χ4v) is 2.42. The van der Waals surface area contributed by atoms with Gasteiger partial charge >= 0.3 is 0 Å². The Kier molecular flexibility index (Phi) is 5.52. The number of hydrogen-bond donors (Lipinski definition) is 1. The number of anilines is 1. The van der Waals surface area contributed by atoms with Gasteiger partial charge in [-0.1, -0.05) is 18.2 Å². The van der Waals surface area contributed by atoms with Crippen molar-refractivity contribution < 1.29 is 18.4 Å². The van der Waals surface area contributed by atoms with E-state index in [2.05, 4.69) is 5.32 Å². The summed E-state index contributed by atoms with van der Waals surface area (Å²) in [7, 11) is 0. The number of hydrogen-bond acceptors (Lipinski definition) is 3. The number of benzene rings is 3. The van der Waals surface area contributed by atoms with Crippen LogP contribution in [0.3, 0.4) is 0 Å². The maximum absolute atomic E-state index is 13.1. The van der Waals surface area contributed by atoms with Gasteiger partial charge in [-0.15, -0.1) is 0 Å². The molecule has 0 atom stereocenters. The highest BCUT2D eigenvalue weighted by Crippen LogP contribution is 2.16. The monoisotopic (exact) mass is 363 g/mol. The molecule has 27 heavy (non-hydrogen) atoms. The van der Waals surface area contributed by atoms with Gasteiger partial charge < -0.3 is 5.32 Å². The molecule has 0 aromatic heterocycles. The van der Waals surface area contributed by atoms with Gasteiger partial charge in [0.15, 0.2) is 5.78 Å².